The monoisotopic (exact) mass is 994 g/mol. The molecule has 10 nitrogen and oxygen atoms in total. The fourth-order valence-electron chi connectivity index (χ4n) is 10.8. The first-order valence-electron chi connectivity index (χ1n) is 26.6. The Morgan fingerprint density at radius 1 is 0.461 bits per heavy atom. The molecule has 0 spiro atoms. The molecule has 76 heavy (non-hydrogen) atoms. The number of aryl methyl sites for hydroxylation is 4. The predicted molar refractivity (Wildman–Crippen MR) is 314 cm³/mol. The van der Waals surface area contributed by atoms with Crippen molar-refractivity contribution < 1.29 is 4.68 Å². The minimum absolute atomic E-state index is 0.759. The number of nitrogens with one attached hydrogen (secondary N) is 1. The van der Waals surface area contributed by atoms with Crippen LogP contribution in [0.2, 0.25) is 0 Å². The molecular formula is C66H61N10+. The van der Waals surface area contributed by atoms with Gasteiger partial charge < -0.3 is 9.13 Å². The largest absolute Gasteiger partial charge is 0.340 e. The standard InChI is InChI=1S/C66H60N10/c1-49-43-65(69-73(49)53-25-11-7-12-26-53)75(55-29-15-9-16-30-55)67-47-51-37-39-63-59(45-51)57-33-19-21-35-61(57)71(63)41-23-5-3-4-6-24-42-72-62-36-22-20-34-58(62)60-46-52(38-40-64(60)72)48-68-76(56-31-17-10-18-32-56)66-44-50(2)74(70-66)54-27-13-8-14-28-54/h7-22,25-40,43-48H,3-6,23-24,41-42H2,1-2H3/p+1. The van der Waals surface area contributed by atoms with Crippen molar-refractivity contribution in [1.29, 1.82) is 0 Å². The van der Waals surface area contributed by atoms with Crippen LogP contribution in [0.1, 0.15) is 61.0 Å². The summed E-state index contributed by atoms with van der Waals surface area (Å²) in [6.07, 6.45) is 11.1. The molecular weight excluding hydrogens is 933 g/mol. The van der Waals surface area contributed by atoms with E-state index < -0.39 is 0 Å². The minimum atomic E-state index is 0.759. The number of hydrazone groups is 2. The Morgan fingerprint density at radius 3 is 1.49 bits per heavy atom. The van der Waals surface area contributed by atoms with Crippen molar-refractivity contribution >= 4 is 79.1 Å². The van der Waals surface area contributed by atoms with Crippen LogP contribution in [0.3, 0.4) is 0 Å². The molecule has 0 fully saturated rings. The number of anilines is 4. The number of aromatic nitrogens is 6. The van der Waals surface area contributed by atoms with E-state index in [-0.39, 0.29) is 0 Å². The highest BCUT2D eigenvalue weighted by atomic mass is 15.5. The zero-order valence-electron chi connectivity index (χ0n) is 43.1. The number of nitrogens with zero attached hydrogens (tertiary/aromatic N) is 9. The Hall–Kier alpha value is -9.28. The highest BCUT2D eigenvalue weighted by Crippen LogP contribution is 2.33. The minimum Gasteiger partial charge on any atom is -0.340 e. The SMILES string of the molecule is Cc1cc(N(N=Cc2ccc3c(c2)c2ccccc2n3CCCCCCCCn2c3ccccc3c3cc(C=NN(c4ccccc4)c4cc(C)[n+](-c5ccccc5)[nH]4)ccc32)c2ccccc2)nn1-c1ccccc1. The van der Waals surface area contributed by atoms with Crippen molar-refractivity contribution in [2.75, 3.05) is 10.0 Å². The van der Waals surface area contributed by atoms with Gasteiger partial charge in [0.25, 0.3) is 0 Å². The van der Waals surface area contributed by atoms with Crippen LogP contribution < -0.4 is 14.7 Å². The van der Waals surface area contributed by atoms with Gasteiger partial charge in [0.2, 0.25) is 11.4 Å². The van der Waals surface area contributed by atoms with E-state index in [0.29, 0.717) is 0 Å². The maximum Gasteiger partial charge on any atom is 0.235 e. The summed E-state index contributed by atoms with van der Waals surface area (Å²) in [5, 5.41) is 27.7. The summed E-state index contributed by atoms with van der Waals surface area (Å²) in [6.45, 7) is 6.16. The van der Waals surface area contributed by atoms with Gasteiger partial charge in [-0.3, -0.25) is 0 Å². The molecule has 0 atom stereocenters. The van der Waals surface area contributed by atoms with Crippen LogP contribution in [0, 0.1) is 13.8 Å². The quantitative estimate of drug-likeness (QED) is 0.0379. The Labute approximate surface area is 443 Å². The van der Waals surface area contributed by atoms with Crippen LogP contribution in [0.4, 0.5) is 23.0 Å². The Morgan fingerprint density at radius 2 is 0.921 bits per heavy atom. The van der Waals surface area contributed by atoms with E-state index in [1.165, 1.54) is 69.3 Å². The van der Waals surface area contributed by atoms with Gasteiger partial charge in [0, 0.05) is 87.5 Å². The fraction of sp³-hybridized carbons (Fsp3) is 0.152. The lowest BCUT2D eigenvalue weighted by Crippen LogP contribution is -2.35. The molecule has 0 unspecified atom stereocenters. The zero-order valence-corrected chi connectivity index (χ0v) is 43.1. The van der Waals surface area contributed by atoms with Crippen molar-refractivity contribution in [2.45, 2.75) is 65.5 Å². The number of aromatic amines is 1. The highest BCUT2D eigenvalue weighted by molar-refractivity contribution is 6.10. The number of hydrogen-bond acceptors (Lipinski definition) is 5. The van der Waals surface area contributed by atoms with Crippen LogP contribution >= 0.6 is 0 Å². The molecule has 0 amide bonds. The normalized spacial score (nSPS) is 11.9. The Kier molecular flexibility index (Phi) is 13.6. The number of unbranched alkanes of at least 4 members (excludes halogenated alkanes) is 5. The Bertz CT molecular complexity index is 3720. The van der Waals surface area contributed by atoms with Crippen LogP contribution in [-0.4, -0.2) is 36.4 Å². The average molecular weight is 994 g/mol. The second kappa shape index (κ2) is 21.7. The first-order valence-corrected chi connectivity index (χ1v) is 26.6. The number of para-hydroxylation sites is 6. The van der Waals surface area contributed by atoms with E-state index in [0.717, 1.165) is 82.8 Å². The van der Waals surface area contributed by atoms with E-state index in [2.05, 4.69) is 190 Å². The lowest BCUT2D eigenvalue weighted by atomic mass is 10.1. The molecule has 0 saturated carbocycles. The van der Waals surface area contributed by atoms with Crippen LogP contribution in [0.5, 0.6) is 0 Å². The summed E-state index contributed by atoms with van der Waals surface area (Å²) in [5.74, 6) is 1.64. The summed E-state index contributed by atoms with van der Waals surface area (Å²) < 4.78 is 9.10. The van der Waals surface area contributed by atoms with Gasteiger partial charge in [-0.25, -0.2) is 14.7 Å². The maximum atomic E-state index is 5.10. The summed E-state index contributed by atoms with van der Waals surface area (Å²) in [6, 6.07) is 76.5. The van der Waals surface area contributed by atoms with Crippen LogP contribution in [0.15, 0.2) is 229 Å². The molecule has 374 valence electrons. The lowest BCUT2D eigenvalue weighted by Gasteiger charge is -2.16. The lowest BCUT2D eigenvalue weighted by molar-refractivity contribution is -0.660. The maximum absolute atomic E-state index is 5.10. The molecule has 10 heteroatoms. The molecule has 12 aromatic rings. The molecule has 8 aromatic carbocycles. The highest BCUT2D eigenvalue weighted by Gasteiger charge is 2.21. The summed E-state index contributed by atoms with van der Waals surface area (Å²) in [4.78, 5) is 0. The van der Waals surface area contributed by atoms with Gasteiger partial charge in [-0.1, -0.05) is 152 Å². The van der Waals surface area contributed by atoms with Gasteiger partial charge in [0.1, 0.15) is 0 Å². The summed E-state index contributed by atoms with van der Waals surface area (Å²) in [5.41, 5.74) is 13.3. The third-order valence-electron chi connectivity index (χ3n) is 14.5. The Balaban J connectivity index is 0.691. The van der Waals surface area contributed by atoms with E-state index >= 15 is 0 Å². The number of fused-ring (bicyclic) bond motifs is 6. The van der Waals surface area contributed by atoms with Crippen LogP contribution in [0.25, 0.3) is 55.0 Å². The summed E-state index contributed by atoms with van der Waals surface area (Å²) in [7, 11) is 0. The molecule has 0 radical (unpaired) electrons. The summed E-state index contributed by atoms with van der Waals surface area (Å²) >= 11 is 0. The molecule has 0 aliphatic carbocycles. The second-order valence-corrected chi connectivity index (χ2v) is 19.6. The molecule has 1 N–H and O–H groups in total. The molecule has 0 aliphatic heterocycles. The molecule has 0 bridgehead atoms. The average Bonchev–Trinajstić information content (AvgIpc) is 4.24. The third kappa shape index (κ3) is 9.80. The van der Waals surface area contributed by atoms with E-state index in [1.807, 2.05) is 87.8 Å². The fourth-order valence-corrected chi connectivity index (χ4v) is 10.8. The first-order chi connectivity index (χ1) is 37.5. The molecule has 0 saturated heterocycles. The first kappa shape index (κ1) is 47.7. The molecule has 4 aromatic heterocycles. The van der Waals surface area contributed by atoms with Gasteiger partial charge in [0.05, 0.1) is 35.6 Å². The molecule has 4 heterocycles. The van der Waals surface area contributed by atoms with Gasteiger partial charge in [-0.2, -0.15) is 10.2 Å². The van der Waals surface area contributed by atoms with Gasteiger partial charge in [-0.05, 0) is 104 Å². The van der Waals surface area contributed by atoms with Crippen molar-refractivity contribution in [3.8, 4) is 11.4 Å². The van der Waals surface area contributed by atoms with Crippen molar-refractivity contribution in [2.24, 2.45) is 10.2 Å². The molecule has 0 aliphatic rings. The van der Waals surface area contributed by atoms with E-state index in [4.69, 9.17) is 15.3 Å². The van der Waals surface area contributed by atoms with Crippen molar-refractivity contribution in [3.63, 3.8) is 0 Å². The van der Waals surface area contributed by atoms with Crippen molar-refractivity contribution in [3.05, 3.63) is 241 Å². The third-order valence-corrected chi connectivity index (χ3v) is 14.5. The van der Waals surface area contributed by atoms with Crippen LogP contribution in [-0.2, 0) is 13.1 Å². The van der Waals surface area contributed by atoms with Crippen molar-refractivity contribution in [1.82, 2.24) is 24.0 Å². The van der Waals surface area contributed by atoms with E-state index in [1.54, 1.807) is 0 Å². The van der Waals surface area contributed by atoms with E-state index in [9.17, 15) is 0 Å². The predicted octanol–water partition coefficient (Wildman–Crippen LogP) is 15.7. The van der Waals surface area contributed by atoms with Gasteiger partial charge in [-0.15, -0.1) is 10.2 Å². The van der Waals surface area contributed by atoms with Gasteiger partial charge in [0.15, 0.2) is 11.6 Å². The topological polar surface area (TPSA) is 78.6 Å². The number of rotatable bonds is 19. The number of benzene rings is 8. The van der Waals surface area contributed by atoms with Gasteiger partial charge >= 0.3 is 0 Å². The smallest absolute Gasteiger partial charge is 0.235 e. The number of H-pyrrole nitrogens is 1. The number of hydrogen-bond donors (Lipinski definition) is 1. The zero-order chi connectivity index (χ0) is 51.2. The second-order valence-electron chi connectivity index (χ2n) is 19.6. The molecule has 12 rings (SSSR count).